The third kappa shape index (κ3) is 4.24. The molecule has 1 fully saturated rings. The van der Waals surface area contributed by atoms with Gasteiger partial charge in [-0.05, 0) is 18.8 Å². The third-order valence-corrected chi connectivity index (χ3v) is 4.84. The number of fused-ring (bicyclic) bond motifs is 1. The van der Waals surface area contributed by atoms with Crippen LogP contribution in [0.4, 0.5) is 5.82 Å². The Labute approximate surface area is 169 Å². The average molecular weight is 401 g/mol. The number of aromatic nitrogens is 4. The SMILES string of the molecule is CCCCC#Cc1nc(NC)c2ncn([C@@H]3O[C@H](C(=O)CCC)[C@H](O)C3O)c2n1. The van der Waals surface area contributed by atoms with Gasteiger partial charge in [-0.15, -0.1) is 0 Å². The average Bonchev–Trinajstić information content (AvgIpc) is 3.26. The number of unbranched alkanes of at least 4 members (excludes halogenated alkanes) is 2. The number of rotatable bonds is 7. The van der Waals surface area contributed by atoms with Crippen molar-refractivity contribution in [1.29, 1.82) is 0 Å². The number of ether oxygens (including phenoxy) is 1. The fourth-order valence-corrected chi connectivity index (χ4v) is 3.28. The van der Waals surface area contributed by atoms with Crippen LogP contribution in [0, 0.1) is 11.8 Å². The molecule has 2 aromatic rings. The standard InChI is InChI=1S/C20H27N5O4/c1-4-6-7-8-10-13-23-18(21-3)14-19(24-13)25(11-22-14)20-16(28)15(27)17(29-20)12(26)9-5-2/h11,15-17,20,27-28H,4-7,9H2,1-3H3,(H,21,23,24)/t15-,16?,17-,20-/m1/s1. The van der Waals surface area contributed by atoms with Crippen molar-refractivity contribution in [3.63, 3.8) is 0 Å². The molecule has 2 aromatic heterocycles. The number of nitrogens with one attached hydrogen (secondary N) is 1. The monoisotopic (exact) mass is 401 g/mol. The van der Waals surface area contributed by atoms with Gasteiger partial charge >= 0.3 is 0 Å². The maximum Gasteiger partial charge on any atom is 0.208 e. The van der Waals surface area contributed by atoms with E-state index < -0.39 is 24.5 Å². The van der Waals surface area contributed by atoms with Gasteiger partial charge in [0.25, 0.3) is 0 Å². The highest BCUT2D eigenvalue weighted by Gasteiger charge is 2.47. The predicted octanol–water partition coefficient (Wildman–Crippen LogP) is 1.40. The molecule has 9 heteroatoms. The Morgan fingerprint density at radius 2 is 2.07 bits per heavy atom. The molecule has 0 bridgehead atoms. The van der Waals surface area contributed by atoms with Crippen LogP contribution in [0.1, 0.15) is 58.0 Å². The van der Waals surface area contributed by atoms with Gasteiger partial charge in [0.1, 0.15) is 18.3 Å². The minimum absolute atomic E-state index is 0.237. The highest BCUT2D eigenvalue weighted by atomic mass is 16.6. The quantitative estimate of drug-likeness (QED) is 0.470. The second-order valence-corrected chi connectivity index (χ2v) is 7.02. The van der Waals surface area contributed by atoms with E-state index in [0.717, 1.165) is 19.3 Å². The molecule has 29 heavy (non-hydrogen) atoms. The highest BCUT2D eigenvalue weighted by molar-refractivity contribution is 5.85. The molecule has 3 rings (SSSR count). The number of Topliss-reactive ketones (excluding diaryl/α,β-unsaturated/α-hetero) is 1. The van der Waals surface area contributed by atoms with Crippen molar-refractivity contribution in [2.75, 3.05) is 12.4 Å². The number of carbonyl (C=O) groups is 1. The van der Waals surface area contributed by atoms with Crippen LogP contribution < -0.4 is 5.32 Å². The zero-order valence-corrected chi connectivity index (χ0v) is 16.9. The lowest BCUT2D eigenvalue weighted by Crippen LogP contribution is -2.35. The Morgan fingerprint density at radius 1 is 1.28 bits per heavy atom. The summed E-state index contributed by atoms with van der Waals surface area (Å²) >= 11 is 0. The Kier molecular flexibility index (Phi) is 6.79. The summed E-state index contributed by atoms with van der Waals surface area (Å²) in [5.74, 6) is 6.60. The van der Waals surface area contributed by atoms with Gasteiger partial charge < -0.3 is 20.3 Å². The van der Waals surface area contributed by atoms with E-state index in [9.17, 15) is 15.0 Å². The summed E-state index contributed by atoms with van der Waals surface area (Å²) in [5, 5.41) is 23.8. The molecule has 3 N–H and O–H groups in total. The highest BCUT2D eigenvalue weighted by Crippen LogP contribution is 2.33. The Balaban J connectivity index is 1.97. The molecule has 156 valence electrons. The van der Waals surface area contributed by atoms with E-state index in [1.165, 1.54) is 10.9 Å². The fraction of sp³-hybridized carbons (Fsp3) is 0.600. The van der Waals surface area contributed by atoms with Crippen LogP contribution in [-0.2, 0) is 9.53 Å². The summed E-state index contributed by atoms with van der Waals surface area (Å²) in [5.41, 5.74) is 0.893. The van der Waals surface area contributed by atoms with Gasteiger partial charge in [0, 0.05) is 19.9 Å². The maximum absolute atomic E-state index is 12.2. The van der Waals surface area contributed by atoms with E-state index in [0.29, 0.717) is 29.2 Å². The largest absolute Gasteiger partial charge is 0.387 e. The predicted molar refractivity (Wildman–Crippen MR) is 107 cm³/mol. The first-order chi connectivity index (χ1) is 14.0. The lowest BCUT2D eigenvalue weighted by molar-refractivity contribution is -0.135. The number of anilines is 1. The van der Waals surface area contributed by atoms with E-state index in [4.69, 9.17) is 4.74 Å². The van der Waals surface area contributed by atoms with E-state index >= 15 is 0 Å². The zero-order chi connectivity index (χ0) is 21.0. The smallest absolute Gasteiger partial charge is 0.208 e. The Morgan fingerprint density at radius 3 is 2.76 bits per heavy atom. The van der Waals surface area contributed by atoms with E-state index in [1.807, 2.05) is 6.92 Å². The number of imidazole rings is 1. The van der Waals surface area contributed by atoms with Crippen molar-refractivity contribution in [3.8, 4) is 11.8 Å². The van der Waals surface area contributed by atoms with Gasteiger partial charge in [0.2, 0.25) is 5.82 Å². The van der Waals surface area contributed by atoms with Gasteiger partial charge in [0.05, 0.1) is 6.33 Å². The fourth-order valence-electron chi connectivity index (χ4n) is 3.28. The lowest BCUT2D eigenvalue weighted by Gasteiger charge is -2.16. The number of aliphatic hydroxyl groups is 2. The first-order valence-corrected chi connectivity index (χ1v) is 9.97. The first kappa shape index (κ1) is 21.2. The van der Waals surface area contributed by atoms with Gasteiger partial charge in [-0.25, -0.2) is 15.0 Å². The van der Waals surface area contributed by atoms with Crippen LogP contribution in [0.5, 0.6) is 0 Å². The molecule has 0 radical (unpaired) electrons. The van der Waals surface area contributed by atoms with Gasteiger partial charge in [-0.2, -0.15) is 0 Å². The van der Waals surface area contributed by atoms with Crippen molar-refractivity contribution in [2.24, 2.45) is 0 Å². The maximum atomic E-state index is 12.2. The van der Waals surface area contributed by atoms with Crippen molar-refractivity contribution < 1.29 is 19.7 Å². The van der Waals surface area contributed by atoms with Gasteiger partial charge in [0.15, 0.2) is 29.0 Å². The first-order valence-electron chi connectivity index (χ1n) is 9.97. The second kappa shape index (κ2) is 9.31. The lowest BCUT2D eigenvalue weighted by atomic mass is 10.0. The van der Waals surface area contributed by atoms with Gasteiger partial charge in [-0.1, -0.05) is 26.2 Å². The molecule has 1 aliphatic heterocycles. The molecule has 0 spiro atoms. The second-order valence-electron chi connectivity index (χ2n) is 7.02. The molecule has 0 amide bonds. The molecule has 0 saturated carbocycles. The number of hydrogen-bond acceptors (Lipinski definition) is 8. The zero-order valence-electron chi connectivity index (χ0n) is 16.9. The normalized spacial score (nSPS) is 23.8. The summed E-state index contributed by atoms with van der Waals surface area (Å²) in [6.07, 6.45) is 0.521. The number of nitrogens with zero attached hydrogens (tertiary/aromatic N) is 4. The van der Waals surface area contributed by atoms with Gasteiger partial charge in [-0.3, -0.25) is 9.36 Å². The number of aliphatic hydroxyl groups excluding tert-OH is 2. The molecular formula is C20H27N5O4. The molecular weight excluding hydrogens is 374 g/mol. The summed E-state index contributed by atoms with van der Waals surface area (Å²) < 4.78 is 7.25. The number of carbonyl (C=O) groups excluding carboxylic acids is 1. The Bertz CT molecular complexity index is 932. The minimum Gasteiger partial charge on any atom is -0.387 e. The number of hydrogen-bond donors (Lipinski definition) is 3. The third-order valence-electron chi connectivity index (χ3n) is 4.84. The van der Waals surface area contributed by atoms with E-state index in [2.05, 4.69) is 39.0 Å². The topological polar surface area (TPSA) is 122 Å². The summed E-state index contributed by atoms with van der Waals surface area (Å²) in [7, 11) is 1.72. The van der Waals surface area contributed by atoms with Crippen molar-refractivity contribution in [3.05, 3.63) is 12.2 Å². The molecule has 0 aliphatic carbocycles. The van der Waals surface area contributed by atoms with Crippen LogP contribution in [0.25, 0.3) is 11.2 Å². The van der Waals surface area contributed by atoms with Crippen molar-refractivity contribution in [1.82, 2.24) is 19.5 Å². The Hall–Kier alpha value is -2.54. The summed E-state index contributed by atoms with van der Waals surface area (Å²) in [6, 6.07) is 0. The molecule has 1 aliphatic rings. The molecule has 9 nitrogen and oxygen atoms in total. The van der Waals surface area contributed by atoms with Crippen molar-refractivity contribution in [2.45, 2.75) is 70.5 Å². The molecule has 4 atom stereocenters. The van der Waals surface area contributed by atoms with Crippen LogP contribution in [0.15, 0.2) is 6.33 Å². The van der Waals surface area contributed by atoms with E-state index in [1.54, 1.807) is 7.05 Å². The van der Waals surface area contributed by atoms with Crippen LogP contribution in [0.2, 0.25) is 0 Å². The van der Waals surface area contributed by atoms with Crippen LogP contribution in [-0.4, -0.2) is 60.9 Å². The molecule has 0 aromatic carbocycles. The van der Waals surface area contributed by atoms with Crippen LogP contribution in [0.3, 0.4) is 0 Å². The summed E-state index contributed by atoms with van der Waals surface area (Å²) in [4.78, 5) is 25.4. The molecule has 1 unspecified atom stereocenters. The molecule has 3 heterocycles. The van der Waals surface area contributed by atoms with Crippen molar-refractivity contribution >= 4 is 22.8 Å². The molecule has 1 saturated heterocycles. The van der Waals surface area contributed by atoms with E-state index in [-0.39, 0.29) is 12.2 Å². The number of ketones is 1. The van der Waals surface area contributed by atoms with Crippen LogP contribution >= 0.6 is 0 Å². The minimum atomic E-state index is -1.31. The summed E-state index contributed by atoms with van der Waals surface area (Å²) in [6.45, 7) is 3.97.